The van der Waals surface area contributed by atoms with Crippen molar-refractivity contribution >= 4 is 11.6 Å². The van der Waals surface area contributed by atoms with E-state index in [1.807, 2.05) is 40.0 Å². The Labute approximate surface area is 137 Å². The van der Waals surface area contributed by atoms with Crippen molar-refractivity contribution in [3.63, 3.8) is 0 Å². The summed E-state index contributed by atoms with van der Waals surface area (Å²) in [7, 11) is 0. The van der Waals surface area contributed by atoms with Crippen molar-refractivity contribution in [2.75, 3.05) is 18.0 Å². The van der Waals surface area contributed by atoms with Gasteiger partial charge < -0.3 is 10.2 Å². The Kier molecular flexibility index (Phi) is 4.76. The fraction of sp³-hybridized carbons (Fsp3) is 0.444. The molecule has 2 unspecified atom stereocenters. The van der Waals surface area contributed by atoms with Gasteiger partial charge in [-0.1, -0.05) is 18.2 Å². The van der Waals surface area contributed by atoms with E-state index in [9.17, 15) is 4.79 Å². The number of para-hydroxylation sites is 1. The van der Waals surface area contributed by atoms with E-state index >= 15 is 0 Å². The topological polar surface area (TPSA) is 50.2 Å². The highest BCUT2D eigenvalue weighted by Crippen LogP contribution is 2.27. The number of amides is 1. The van der Waals surface area contributed by atoms with Crippen molar-refractivity contribution in [2.45, 2.75) is 38.8 Å². The maximum Gasteiger partial charge on any atom is 0.228 e. The van der Waals surface area contributed by atoms with Gasteiger partial charge in [0.2, 0.25) is 5.91 Å². The van der Waals surface area contributed by atoms with Gasteiger partial charge in [-0.3, -0.25) is 9.48 Å². The maximum atomic E-state index is 12.5. The van der Waals surface area contributed by atoms with Gasteiger partial charge in [0.05, 0.1) is 6.04 Å². The van der Waals surface area contributed by atoms with Crippen LogP contribution in [-0.4, -0.2) is 34.8 Å². The van der Waals surface area contributed by atoms with Crippen LogP contribution in [0.5, 0.6) is 0 Å². The average molecular weight is 312 g/mol. The molecule has 2 heterocycles. The Morgan fingerprint density at radius 1 is 1.30 bits per heavy atom. The highest BCUT2D eigenvalue weighted by atomic mass is 16.2. The fourth-order valence-electron chi connectivity index (χ4n) is 3.06. The van der Waals surface area contributed by atoms with Crippen molar-refractivity contribution < 1.29 is 4.79 Å². The standard InChI is InChI=1S/C18H24N4O/c1-14(15(2)22-12-5-10-20-22)19-11-8-18(23)21-13-9-16-6-3-4-7-17(16)21/h3-7,10,12,14-15,19H,8-9,11,13H2,1-2H3. The monoisotopic (exact) mass is 312 g/mol. The summed E-state index contributed by atoms with van der Waals surface area (Å²) < 4.78 is 1.94. The first-order valence-corrected chi connectivity index (χ1v) is 8.27. The van der Waals surface area contributed by atoms with Crippen molar-refractivity contribution in [1.82, 2.24) is 15.1 Å². The van der Waals surface area contributed by atoms with Gasteiger partial charge in [0, 0.05) is 43.6 Å². The van der Waals surface area contributed by atoms with Gasteiger partial charge in [0.15, 0.2) is 0 Å². The Morgan fingerprint density at radius 2 is 2.13 bits per heavy atom. The zero-order valence-electron chi connectivity index (χ0n) is 13.8. The Hall–Kier alpha value is -2.14. The van der Waals surface area contributed by atoms with Crippen LogP contribution in [0.3, 0.4) is 0 Å². The molecule has 0 saturated heterocycles. The first kappa shape index (κ1) is 15.7. The lowest BCUT2D eigenvalue weighted by Crippen LogP contribution is -2.37. The number of benzene rings is 1. The van der Waals surface area contributed by atoms with E-state index in [2.05, 4.69) is 30.3 Å². The third-order valence-electron chi connectivity index (χ3n) is 4.66. The van der Waals surface area contributed by atoms with Gasteiger partial charge >= 0.3 is 0 Å². The molecule has 0 bridgehead atoms. The summed E-state index contributed by atoms with van der Waals surface area (Å²) in [5.41, 5.74) is 2.35. The van der Waals surface area contributed by atoms with E-state index in [1.54, 1.807) is 6.20 Å². The number of nitrogens with zero attached hydrogens (tertiary/aromatic N) is 3. The molecule has 0 saturated carbocycles. The molecule has 5 heteroatoms. The van der Waals surface area contributed by atoms with E-state index in [0.717, 1.165) is 18.7 Å². The summed E-state index contributed by atoms with van der Waals surface area (Å²) in [5, 5.41) is 7.71. The van der Waals surface area contributed by atoms with Crippen LogP contribution < -0.4 is 10.2 Å². The molecule has 3 rings (SSSR count). The summed E-state index contributed by atoms with van der Waals surface area (Å²) in [4.78, 5) is 14.4. The third kappa shape index (κ3) is 3.45. The highest BCUT2D eigenvalue weighted by Gasteiger charge is 2.23. The summed E-state index contributed by atoms with van der Waals surface area (Å²) in [6, 6.07) is 10.6. The summed E-state index contributed by atoms with van der Waals surface area (Å²) >= 11 is 0. The highest BCUT2D eigenvalue weighted by molar-refractivity contribution is 5.95. The minimum Gasteiger partial charge on any atom is -0.312 e. The largest absolute Gasteiger partial charge is 0.312 e. The molecule has 1 aliphatic rings. The minimum atomic E-state index is 0.196. The van der Waals surface area contributed by atoms with Crippen LogP contribution in [0.15, 0.2) is 42.7 Å². The Morgan fingerprint density at radius 3 is 2.91 bits per heavy atom. The molecule has 1 aliphatic heterocycles. The molecule has 0 aliphatic carbocycles. The first-order valence-electron chi connectivity index (χ1n) is 8.27. The van der Waals surface area contributed by atoms with Crippen LogP contribution in [0.2, 0.25) is 0 Å². The van der Waals surface area contributed by atoms with Crippen LogP contribution >= 0.6 is 0 Å². The molecule has 2 atom stereocenters. The molecule has 23 heavy (non-hydrogen) atoms. The molecule has 1 aromatic heterocycles. The molecule has 1 aromatic carbocycles. The summed E-state index contributed by atoms with van der Waals surface area (Å²) in [6.45, 7) is 5.74. The first-order chi connectivity index (χ1) is 11.2. The number of fused-ring (bicyclic) bond motifs is 1. The number of aromatic nitrogens is 2. The lowest BCUT2D eigenvalue weighted by Gasteiger charge is -2.23. The van der Waals surface area contributed by atoms with Crippen LogP contribution in [0.1, 0.15) is 31.9 Å². The molecule has 0 fully saturated rings. The number of hydrogen-bond donors (Lipinski definition) is 1. The quantitative estimate of drug-likeness (QED) is 0.891. The second-order valence-electron chi connectivity index (χ2n) is 6.14. The van der Waals surface area contributed by atoms with Crippen molar-refractivity contribution in [2.24, 2.45) is 0 Å². The molecule has 1 amide bonds. The predicted molar refractivity (Wildman–Crippen MR) is 91.5 cm³/mol. The zero-order chi connectivity index (χ0) is 16.2. The van der Waals surface area contributed by atoms with Gasteiger partial charge in [0.1, 0.15) is 0 Å². The second-order valence-corrected chi connectivity index (χ2v) is 6.14. The van der Waals surface area contributed by atoms with Gasteiger partial charge in [-0.2, -0.15) is 5.10 Å². The third-order valence-corrected chi connectivity index (χ3v) is 4.66. The summed E-state index contributed by atoms with van der Waals surface area (Å²) in [5.74, 6) is 0.196. The molecule has 1 N–H and O–H groups in total. The Balaban J connectivity index is 1.49. The molecule has 2 aromatic rings. The van der Waals surface area contributed by atoms with E-state index in [0.29, 0.717) is 13.0 Å². The molecule has 0 radical (unpaired) electrons. The smallest absolute Gasteiger partial charge is 0.228 e. The fourth-order valence-corrected chi connectivity index (χ4v) is 3.06. The molecular formula is C18H24N4O. The lowest BCUT2D eigenvalue weighted by molar-refractivity contribution is -0.118. The predicted octanol–water partition coefficient (Wildman–Crippen LogP) is 2.40. The summed E-state index contributed by atoms with van der Waals surface area (Å²) in [6.07, 6.45) is 5.24. The zero-order valence-corrected chi connectivity index (χ0v) is 13.8. The van der Waals surface area contributed by atoms with Gasteiger partial charge in [-0.05, 0) is 38.0 Å². The van der Waals surface area contributed by atoms with Crippen LogP contribution in [0.25, 0.3) is 0 Å². The van der Waals surface area contributed by atoms with E-state index in [-0.39, 0.29) is 18.0 Å². The molecular weight excluding hydrogens is 288 g/mol. The average Bonchev–Trinajstić information content (AvgIpc) is 3.23. The SMILES string of the molecule is CC(NCCC(=O)N1CCc2ccccc21)C(C)n1cccn1. The Bertz CT molecular complexity index is 653. The second kappa shape index (κ2) is 6.96. The van der Waals surface area contributed by atoms with E-state index in [1.165, 1.54) is 5.56 Å². The van der Waals surface area contributed by atoms with Crippen LogP contribution in [0, 0.1) is 0 Å². The number of carbonyl (C=O) groups excluding carboxylic acids is 1. The van der Waals surface area contributed by atoms with Gasteiger partial charge in [-0.25, -0.2) is 0 Å². The van der Waals surface area contributed by atoms with Crippen molar-refractivity contribution in [1.29, 1.82) is 0 Å². The van der Waals surface area contributed by atoms with Gasteiger partial charge in [-0.15, -0.1) is 0 Å². The minimum absolute atomic E-state index is 0.196. The number of nitrogens with one attached hydrogen (secondary N) is 1. The lowest BCUT2D eigenvalue weighted by atomic mass is 10.1. The van der Waals surface area contributed by atoms with Crippen molar-refractivity contribution in [3.8, 4) is 0 Å². The molecule has 0 spiro atoms. The van der Waals surface area contributed by atoms with Crippen molar-refractivity contribution in [3.05, 3.63) is 48.3 Å². The number of rotatable bonds is 6. The maximum absolute atomic E-state index is 12.5. The normalized spacial score (nSPS) is 16.2. The number of carbonyl (C=O) groups is 1. The number of hydrogen-bond acceptors (Lipinski definition) is 3. The van der Waals surface area contributed by atoms with E-state index in [4.69, 9.17) is 0 Å². The molecule has 5 nitrogen and oxygen atoms in total. The number of anilines is 1. The van der Waals surface area contributed by atoms with Crippen LogP contribution in [0.4, 0.5) is 5.69 Å². The van der Waals surface area contributed by atoms with Crippen LogP contribution in [-0.2, 0) is 11.2 Å². The molecule has 122 valence electrons. The van der Waals surface area contributed by atoms with Gasteiger partial charge in [0.25, 0.3) is 0 Å². The van der Waals surface area contributed by atoms with E-state index < -0.39 is 0 Å².